The summed E-state index contributed by atoms with van der Waals surface area (Å²) in [4.78, 5) is 4.03. The Morgan fingerprint density at radius 1 is 0.824 bits per heavy atom. The second-order valence-corrected chi connectivity index (χ2v) is 3.46. The maximum absolute atomic E-state index is 9.54. The topological polar surface area (TPSA) is 73.1 Å². The quantitative estimate of drug-likeness (QED) is 0.547. The molecule has 0 fully saturated rings. The minimum absolute atomic E-state index is 0.0587. The molecule has 4 heteroatoms. The van der Waals surface area contributed by atoms with E-state index in [0.29, 0.717) is 11.3 Å². The minimum Gasteiger partial charge on any atom is -0.506 e. The number of aliphatic imine (C=N–C) groups is 1. The molecule has 2 aromatic carbocycles. The predicted molar refractivity (Wildman–Crippen MR) is 65.1 cm³/mol. The third kappa shape index (κ3) is 2.36. The van der Waals surface area contributed by atoms with Crippen LogP contribution in [0.5, 0.6) is 17.2 Å². The lowest BCUT2D eigenvalue weighted by Gasteiger charge is -2.01. The lowest BCUT2D eigenvalue weighted by Crippen LogP contribution is -1.82. The van der Waals surface area contributed by atoms with E-state index in [-0.39, 0.29) is 17.2 Å². The van der Waals surface area contributed by atoms with Crippen LogP contribution >= 0.6 is 0 Å². The highest BCUT2D eigenvalue weighted by molar-refractivity contribution is 5.87. The van der Waals surface area contributed by atoms with Crippen molar-refractivity contribution in [1.82, 2.24) is 0 Å². The Balaban J connectivity index is 2.33. The van der Waals surface area contributed by atoms with Crippen LogP contribution in [0.15, 0.2) is 47.5 Å². The van der Waals surface area contributed by atoms with E-state index < -0.39 is 0 Å². The van der Waals surface area contributed by atoms with Crippen LogP contribution in [0.4, 0.5) is 5.69 Å². The zero-order valence-electron chi connectivity index (χ0n) is 8.91. The third-order valence-corrected chi connectivity index (χ3v) is 2.27. The van der Waals surface area contributed by atoms with Crippen molar-refractivity contribution in [3.05, 3.63) is 48.0 Å². The van der Waals surface area contributed by atoms with Gasteiger partial charge in [0, 0.05) is 11.8 Å². The molecular weight excluding hydrogens is 218 g/mol. The summed E-state index contributed by atoms with van der Waals surface area (Å²) >= 11 is 0. The minimum atomic E-state index is -0.230. The van der Waals surface area contributed by atoms with Crippen molar-refractivity contribution in [2.75, 3.05) is 0 Å². The summed E-state index contributed by atoms with van der Waals surface area (Å²) in [6, 6.07) is 11.2. The molecule has 0 heterocycles. The summed E-state index contributed by atoms with van der Waals surface area (Å²) in [5, 5.41) is 28.3. The molecule has 86 valence electrons. The summed E-state index contributed by atoms with van der Waals surface area (Å²) in [5.74, 6) is -0.374. The molecule has 2 aromatic rings. The number of benzene rings is 2. The predicted octanol–water partition coefficient (Wildman–Crippen LogP) is 2.55. The molecule has 4 nitrogen and oxygen atoms in total. The molecule has 0 radical (unpaired) electrons. The van der Waals surface area contributed by atoms with Crippen LogP contribution in [0.25, 0.3) is 0 Å². The van der Waals surface area contributed by atoms with Crippen LogP contribution in [-0.4, -0.2) is 21.5 Å². The molecule has 0 aliphatic rings. The average molecular weight is 229 g/mol. The van der Waals surface area contributed by atoms with Gasteiger partial charge >= 0.3 is 0 Å². The molecule has 17 heavy (non-hydrogen) atoms. The maximum atomic E-state index is 9.54. The van der Waals surface area contributed by atoms with E-state index in [1.165, 1.54) is 18.3 Å². The molecule has 0 unspecified atom stereocenters. The summed E-state index contributed by atoms with van der Waals surface area (Å²) < 4.78 is 0. The van der Waals surface area contributed by atoms with Crippen molar-refractivity contribution >= 4 is 11.9 Å². The van der Waals surface area contributed by atoms with Gasteiger partial charge < -0.3 is 15.3 Å². The van der Waals surface area contributed by atoms with E-state index in [0.717, 1.165) is 0 Å². The number of rotatable bonds is 2. The van der Waals surface area contributed by atoms with Gasteiger partial charge in [0.25, 0.3) is 0 Å². The van der Waals surface area contributed by atoms with E-state index in [1.54, 1.807) is 30.3 Å². The van der Waals surface area contributed by atoms with E-state index in [2.05, 4.69) is 4.99 Å². The van der Waals surface area contributed by atoms with Gasteiger partial charge in [-0.2, -0.15) is 0 Å². The molecule has 2 rings (SSSR count). The van der Waals surface area contributed by atoms with Gasteiger partial charge in [-0.3, -0.25) is 4.99 Å². The summed E-state index contributed by atoms with van der Waals surface area (Å²) in [7, 11) is 0. The third-order valence-electron chi connectivity index (χ3n) is 2.27. The van der Waals surface area contributed by atoms with Crippen LogP contribution in [0.3, 0.4) is 0 Å². The lowest BCUT2D eigenvalue weighted by molar-refractivity contribution is 0.403. The Labute approximate surface area is 98.1 Å². The maximum Gasteiger partial charge on any atom is 0.166 e. The second-order valence-electron chi connectivity index (χ2n) is 3.46. The molecule has 0 amide bonds. The first kappa shape index (κ1) is 11.0. The van der Waals surface area contributed by atoms with Gasteiger partial charge in [0.05, 0.1) is 0 Å². The molecule has 0 aliphatic heterocycles. The number of aromatic hydroxyl groups is 3. The standard InChI is InChI=1S/C13H11NO3/c15-11-6-2-1-5-10(11)14-8-9-4-3-7-12(16)13(9)17/h1-8,15-17H/b14-8+. The summed E-state index contributed by atoms with van der Waals surface area (Å²) in [5.41, 5.74) is 0.781. The molecule has 0 saturated carbocycles. The fourth-order valence-electron chi connectivity index (χ4n) is 1.37. The molecule has 0 aliphatic carbocycles. The van der Waals surface area contributed by atoms with Crippen LogP contribution < -0.4 is 0 Å². The number of phenols is 3. The van der Waals surface area contributed by atoms with Crippen LogP contribution in [0, 0.1) is 0 Å². The first-order valence-corrected chi connectivity index (χ1v) is 5.01. The number of hydrogen-bond acceptors (Lipinski definition) is 4. The van der Waals surface area contributed by atoms with Crippen LogP contribution in [0.1, 0.15) is 5.56 Å². The zero-order chi connectivity index (χ0) is 12.3. The van der Waals surface area contributed by atoms with Crippen molar-refractivity contribution in [3.8, 4) is 17.2 Å². The summed E-state index contributed by atoms with van der Waals surface area (Å²) in [6.07, 6.45) is 1.38. The molecule has 0 bridgehead atoms. The molecule has 0 saturated heterocycles. The Morgan fingerprint density at radius 2 is 1.53 bits per heavy atom. The largest absolute Gasteiger partial charge is 0.506 e. The van der Waals surface area contributed by atoms with Crippen molar-refractivity contribution in [2.45, 2.75) is 0 Å². The van der Waals surface area contributed by atoms with Gasteiger partial charge in [-0.1, -0.05) is 18.2 Å². The number of hydrogen-bond donors (Lipinski definition) is 3. The first-order valence-electron chi connectivity index (χ1n) is 5.01. The van der Waals surface area contributed by atoms with Crippen molar-refractivity contribution < 1.29 is 15.3 Å². The number of para-hydroxylation sites is 3. The van der Waals surface area contributed by atoms with Gasteiger partial charge in [0.2, 0.25) is 0 Å². The second kappa shape index (κ2) is 4.57. The molecule has 3 N–H and O–H groups in total. The lowest BCUT2D eigenvalue weighted by atomic mass is 10.2. The van der Waals surface area contributed by atoms with E-state index >= 15 is 0 Å². The zero-order valence-corrected chi connectivity index (χ0v) is 8.91. The number of phenolic OH excluding ortho intramolecular Hbond substituents is 3. The van der Waals surface area contributed by atoms with Gasteiger partial charge in [0.1, 0.15) is 11.4 Å². The fraction of sp³-hybridized carbons (Fsp3) is 0. The first-order chi connectivity index (χ1) is 8.18. The average Bonchev–Trinajstić information content (AvgIpc) is 2.33. The highest BCUT2D eigenvalue weighted by atomic mass is 16.3. The molecule has 0 aromatic heterocycles. The Bertz CT molecular complexity index is 564. The van der Waals surface area contributed by atoms with Gasteiger partial charge in [-0.05, 0) is 24.3 Å². The Hall–Kier alpha value is -2.49. The van der Waals surface area contributed by atoms with Crippen LogP contribution in [0.2, 0.25) is 0 Å². The molecular formula is C13H11NO3. The fourth-order valence-corrected chi connectivity index (χ4v) is 1.37. The van der Waals surface area contributed by atoms with Gasteiger partial charge in [0.15, 0.2) is 11.5 Å². The monoisotopic (exact) mass is 229 g/mol. The molecule has 0 atom stereocenters. The van der Waals surface area contributed by atoms with E-state index in [4.69, 9.17) is 0 Å². The SMILES string of the molecule is Oc1ccccc1/N=C/c1cccc(O)c1O. The van der Waals surface area contributed by atoms with Crippen molar-refractivity contribution in [1.29, 1.82) is 0 Å². The van der Waals surface area contributed by atoms with E-state index in [9.17, 15) is 15.3 Å². The summed E-state index contributed by atoms with van der Waals surface area (Å²) in [6.45, 7) is 0. The normalized spacial score (nSPS) is 10.8. The Morgan fingerprint density at radius 3 is 2.29 bits per heavy atom. The number of nitrogens with zero attached hydrogens (tertiary/aromatic N) is 1. The molecule has 0 spiro atoms. The van der Waals surface area contributed by atoms with Crippen LogP contribution in [-0.2, 0) is 0 Å². The highest BCUT2D eigenvalue weighted by Gasteiger charge is 2.03. The van der Waals surface area contributed by atoms with Crippen molar-refractivity contribution in [2.24, 2.45) is 4.99 Å². The smallest absolute Gasteiger partial charge is 0.166 e. The van der Waals surface area contributed by atoms with Crippen molar-refractivity contribution in [3.63, 3.8) is 0 Å². The highest BCUT2D eigenvalue weighted by Crippen LogP contribution is 2.29. The van der Waals surface area contributed by atoms with E-state index in [1.807, 2.05) is 0 Å². The van der Waals surface area contributed by atoms with Gasteiger partial charge in [-0.25, -0.2) is 0 Å². The van der Waals surface area contributed by atoms with Gasteiger partial charge in [-0.15, -0.1) is 0 Å². The Kier molecular flexibility index (Phi) is 2.96.